The van der Waals surface area contributed by atoms with Crippen molar-refractivity contribution in [2.75, 3.05) is 19.6 Å². The Morgan fingerprint density at radius 3 is 2.37 bits per heavy atom. The van der Waals surface area contributed by atoms with Gasteiger partial charge in [0.15, 0.2) is 0 Å². The number of carbonyl (C=O) groups excluding carboxylic acids is 4. The van der Waals surface area contributed by atoms with Crippen molar-refractivity contribution in [1.29, 1.82) is 0 Å². The van der Waals surface area contributed by atoms with Crippen molar-refractivity contribution in [3.63, 3.8) is 0 Å². The van der Waals surface area contributed by atoms with E-state index in [0.717, 1.165) is 0 Å². The average molecular weight is 498 g/mol. The number of fused-ring (bicyclic) bond motifs is 1. The number of piperidine rings is 1. The number of amides is 4. The predicted octanol–water partition coefficient (Wildman–Crippen LogP) is 0.803. The van der Waals surface area contributed by atoms with Crippen LogP contribution in [-0.2, 0) is 19.2 Å². The normalized spacial score (nSPS) is 31.7. The maximum Gasteiger partial charge on any atom is 0.257 e. The van der Waals surface area contributed by atoms with E-state index in [9.17, 15) is 28.0 Å². The topological polar surface area (TPSA) is 120 Å². The number of nitrogens with one attached hydrogen (secondary N) is 4. The lowest BCUT2D eigenvalue weighted by molar-refractivity contribution is -0.155. The molecule has 0 aromatic carbocycles. The number of carbonyl (C=O) groups is 4. The van der Waals surface area contributed by atoms with Gasteiger partial charge in [-0.1, -0.05) is 34.6 Å². The van der Waals surface area contributed by atoms with Gasteiger partial charge in [-0.2, -0.15) is 0 Å². The first kappa shape index (κ1) is 25.8. The summed E-state index contributed by atoms with van der Waals surface area (Å²) in [6.45, 7) is 10.8. The molecule has 4 fully saturated rings. The van der Waals surface area contributed by atoms with Crippen molar-refractivity contribution in [3.05, 3.63) is 0 Å². The Bertz CT molecular complexity index is 910. The Morgan fingerprint density at radius 2 is 1.83 bits per heavy atom. The fraction of sp³-hybridized carbons (Fsp3) is 0.833. The van der Waals surface area contributed by atoms with Gasteiger partial charge in [0.1, 0.15) is 12.1 Å². The van der Waals surface area contributed by atoms with Crippen molar-refractivity contribution < 1.29 is 28.0 Å². The largest absolute Gasteiger partial charge is 0.356 e. The molecule has 11 heteroatoms. The summed E-state index contributed by atoms with van der Waals surface area (Å²) < 4.78 is 26.6. The molecular weight excluding hydrogens is 460 g/mol. The second-order valence-electron chi connectivity index (χ2n) is 12.3. The van der Waals surface area contributed by atoms with Gasteiger partial charge in [0, 0.05) is 38.4 Å². The number of halogens is 2. The maximum atomic E-state index is 13.7. The summed E-state index contributed by atoms with van der Waals surface area (Å²) in [6.07, 6.45) is -0.337. The van der Waals surface area contributed by atoms with Gasteiger partial charge in [-0.3, -0.25) is 24.6 Å². The van der Waals surface area contributed by atoms with Crippen molar-refractivity contribution in [3.8, 4) is 0 Å². The van der Waals surface area contributed by atoms with Crippen LogP contribution in [0.1, 0.15) is 53.9 Å². The molecule has 0 aromatic heterocycles. The van der Waals surface area contributed by atoms with E-state index < -0.39 is 48.1 Å². The highest BCUT2D eigenvalue weighted by atomic mass is 19.3. The lowest BCUT2D eigenvalue weighted by atomic mass is 9.79. The Hall–Kier alpha value is -2.30. The zero-order chi connectivity index (χ0) is 25.9. The first-order chi connectivity index (χ1) is 16.1. The van der Waals surface area contributed by atoms with Gasteiger partial charge >= 0.3 is 0 Å². The van der Waals surface area contributed by atoms with Crippen LogP contribution < -0.4 is 21.5 Å². The molecule has 4 amide bonds. The van der Waals surface area contributed by atoms with Gasteiger partial charge in [0.25, 0.3) is 5.91 Å². The van der Waals surface area contributed by atoms with E-state index in [2.05, 4.69) is 35.3 Å². The monoisotopic (exact) mass is 497 g/mol. The third kappa shape index (κ3) is 4.88. The zero-order valence-corrected chi connectivity index (χ0v) is 21.0. The number of alkyl halides is 2. The molecule has 5 atom stereocenters. The highest BCUT2D eigenvalue weighted by molar-refractivity contribution is 5.94. The number of nitrogens with zero attached hydrogens (tertiary/aromatic N) is 1. The zero-order valence-electron chi connectivity index (χ0n) is 21.0. The maximum absolute atomic E-state index is 13.7. The molecule has 2 saturated carbocycles. The van der Waals surface area contributed by atoms with Gasteiger partial charge in [-0.05, 0) is 29.1 Å². The number of rotatable bonds is 7. The highest BCUT2D eigenvalue weighted by Gasteiger charge is 2.69. The molecule has 2 aliphatic carbocycles. The summed E-state index contributed by atoms with van der Waals surface area (Å²) in [5, 5.41) is 5.46. The molecule has 2 heterocycles. The molecule has 4 N–H and O–H groups in total. The minimum absolute atomic E-state index is 0.0235. The lowest BCUT2D eigenvalue weighted by Crippen LogP contribution is -2.61. The SMILES string of the molecule is CC(C)(C)[C@H](NC(=O)C1CC(F)(F)C1)C(=O)N1C[C@H]2[C@@H]([C@H]1C(=O)NNC[C@@H]1CCNC1=O)C2(C)C. The molecule has 35 heavy (non-hydrogen) atoms. The van der Waals surface area contributed by atoms with E-state index in [1.54, 1.807) is 20.8 Å². The second kappa shape index (κ2) is 8.67. The van der Waals surface area contributed by atoms with E-state index in [4.69, 9.17) is 0 Å². The van der Waals surface area contributed by atoms with E-state index in [1.807, 2.05) is 0 Å². The lowest BCUT2D eigenvalue weighted by Gasteiger charge is -2.40. The second-order valence-corrected chi connectivity index (χ2v) is 12.3. The molecular formula is C24H37F2N5O4. The van der Waals surface area contributed by atoms with Gasteiger partial charge in [-0.15, -0.1) is 0 Å². The summed E-state index contributed by atoms with van der Waals surface area (Å²) in [4.78, 5) is 52.9. The van der Waals surface area contributed by atoms with E-state index in [-0.39, 0.29) is 40.9 Å². The molecule has 0 unspecified atom stereocenters. The Kier molecular flexibility index (Phi) is 6.39. The minimum Gasteiger partial charge on any atom is -0.356 e. The summed E-state index contributed by atoms with van der Waals surface area (Å²) >= 11 is 0. The van der Waals surface area contributed by atoms with Crippen LogP contribution >= 0.6 is 0 Å². The van der Waals surface area contributed by atoms with Crippen LogP contribution in [0.25, 0.3) is 0 Å². The van der Waals surface area contributed by atoms with Crippen molar-refractivity contribution in [2.45, 2.75) is 71.9 Å². The molecule has 0 spiro atoms. The van der Waals surface area contributed by atoms with Crippen molar-refractivity contribution in [1.82, 2.24) is 26.4 Å². The van der Waals surface area contributed by atoms with Crippen LogP contribution in [-0.4, -0.2) is 66.2 Å². The fourth-order valence-electron chi connectivity index (χ4n) is 5.91. The van der Waals surface area contributed by atoms with Crippen LogP contribution in [0.4, 0.5) is 8.78 Å². The molecule has 4 rings (SSSR count). The summed E-state index contributed by atoms with van der Waals surface area (Å²) in [6, 6.07) is -1.67. The summed E-state index contributed by atoms with van der Waals surface area (Å²) in [5.41, 5.74) is 4.75. The van der Waals surface area contributed by atoms with Gasteiger partial charge in [0.2, 0.25) is 23.6 Å². The first-order valence-electron chi connectivity index (χ1n) is 12.4. The number of hydrazine groups is 1. The predicted molar refractivity (Wildman–Crippen MR) is 123 cm³/mol. The summed E-state index contributed by atoms with van der Waals surface area (Å²) in [5.74, 6) is -5.07. The van der Waals surface area contributed by atoms with Crippen molar-refractivity contribution >= 4 is 23.6 Å². The minimum atomic E-state index is -2.83. The Labute approximate surface area is 204 Å². The molecule has 0 bridgehead atoms. The van der Waals surface area contributed by atoms with Crippen LogP contribution in [0, 0.1) is 34.5 Å². The quantitative estimate of drug-likeness (QED) is 0.388. The fourth-order valence-corrected chi connectivity index (χ4v) is 5.91. The van der Waals surface area contributed by atoms with E-state index >= 15 is 0 Å². The smallest absolute Gasteiger partial charge is 0.257 e. The van der Waals surface area contributed by atoms with Crippen LogP contribution in [0.2, 0.25) is 0 Å². The molecule has 2 aliphatic heterocycles. The van der Waals surface area contributed by atoms with Gasteiger partial charge in [0.05, 0.1) is 5.92 Å². The van der Waals surface area contributed by atoms with Gasteiger partial charge < -0.3 is 15.5 Å². The number of hydrogen-bond acceptors (Lipinski definition) is 5. The van der Waals surface area contributed by atoms with Crippen molar-refractivity contribution in [2.24, 2.45) is 34.5 Å². The summed E-state index contributed by atoms with van der Waals surface area (Å²) in [7, 11) is 0. The number of likely N-dealkylation sites (tertiary alicyclic amines) is 1. The van der Waals surface area contributed by atoms with E-state index in [0.29, 0.717) is 26.1 Å². The molecule has 2 saturated heterocycles. The third-order valence-electron chi connectivity index (χ3n) is 8.34. The Balaban J connectivity index is 1.44. The highest BCUT2D eigenvalue weighted by Crippen LogP contribution is 2.65. The standard InChI is InChI=1S/C24H37F2N5O4/c1-22(2,3)17(29-19(33)13-8-24(25,26)9-13)21(35)31-11-14-15(23(14,4)5)16(31)20(34)30-28-10-12-6-7-27-18(12)32/h12-17,28H,6-11H2,1-5H3,(H,27,32)(H,29,33)(H,30,34)/t12-,14-,15-,16-,17+/m0/s1. The van der Waals surface area contributed by atoms with Gasteiger partial charge in [-0.25, -0.2) is 14.2 Å². The van der Waals surface area contributed by atoms with E-state index in [1.165, 1.54) is 4.90 Å². The first-order valence-corrected chi connectivity index (χ1v) is 12.4. The third-order valence-corrected chi connectivity index (χ3v) is 8.34. The molecule has 0 aromatic rings. The molecule has 4 aliphatic rings. The van der Waals surface area contributed by atoms with Crippen LogP contribution in [0.15, 0.2) is 0 Å². The molecule has 0 radical (unpaired) electrons. The number of hydrogen-bond donors (Lipinski definition) is 4. The average Bonchev–Trinajstić information content (AvgIpc) is 3.09. The Morgan fingerprint density at radius 1 is 1.17 bits per heavy atom. The van der Waals surface area contributed by atoms with Crippen LogP contribution in [0.5, 0.6) is 0 Å². The molecule has 196 valence electrons. The van der Waals surface area contributed by atoms with Crippen LogP contribution in [0.3, 0.4) is 0 Å². The molecule has 9 nitrogen and oxygen atoms in total.